The summed E-state index contributed by atoms with van der Waals surface area (Å²) in [4.78, 5) is 8.79. The molecule has 12 rings (SSSR count). The molecule has 0 saturated carbocycles. The summed E-state index contributed by atoms with van der Waals surface area (Å²) in [5.41, 5.74) is 12.6. The maximum absolute atomic E-state index is 6.51. The van der Waals surface area contributed by atoms with Crippen molar-refractivity contribution in [1.82, 2.24) is 38.7 Å². The van der Waals surface area contributed by atoms with E-state index >= 15 is 0 Å². The van der Waals surface area contributed by atoms with Crippen molar-refractivity contribution in [1.29, 1.82) is 0 Å². The van der Waals surface area contributed by atoms with Gasteiger partial charge in [0.25, 0.3) is 0 Å². The summed E-state index contributed by atoms with van der Waals surface area (Å²) in [6.07, 6.45) is 11.2. The minimum absolute atomic E-state index is 0.699. The van der Waals surface area contributed by atoms with E-state index in [-0.39, 0.29) is 0 Å². The zero-order valence-electron chi connectivity index (χ0n) is 32.6. The lowest BCUT2D eigenvalue weighted by atomic mass is 10.1. The van der Waals surface area contributed by atoms with Crippen molar-refractivity contribution in [3.63, 3.8) is 0 Å². The highest BCUT2D eigenvalue weighted by Gasteiger charge is 2.16. The molecule has 0 aliphatic rings. The van der Waals surface area contributed by atoms with E-state index in [9.17, 15) is 0 Å². The van der Waals surface area contributed by atoms with E-state index in [0.29, 0.717) is 11.5 Å². The number of hydrogen-bond acceptors (Lipinski definition) is 5. The average molecular weight is 787 g/mol. The van der Waals surface area contributed by atoms with Crippen molar-refractivity contribution in [2.75, 3.05) is 0 Å². The molecule has 61 heavy (non-hydrogen) atoms. The summed E-state index contributed by atoms with van der Waals surface area (Å²) >= 11 is 0. The molecule has 9 heteroatoms. The predicted molar refractivity (Wildman–Crippen MR) is 242 cm³/mol. The smallest absolute Gasteiger partial charge is 0.129 e. The first-order valence-corrected chi connectivity index (χ1v) is 20.1. The van der Waals surface area contributed by atoms with Gasteiger partial charge in [0.05, 0.1) is 57.2 Å². The second-order valence-electron chi connectivity index (χ2n) is 14.9. The Bertz CT molecular complexity index is 3230. The summed E-state index contributed by atoms with van der Waals surface area (Å²) in [5, 5.41) is 14.1. The molecular formula is C52H34N8O. The number of aromatic nitrogens is 8. The molecule has 6 heterocycles. The van der Waals surface area contributed by atoms with Gasteiger partial charge in [-0.15, -0.1) is 0 Å². The highest BCUT2D eigenvalue weighted by atomic mass is 16.5. The number of benzene rings is 6. The maximum atomic E-state index is 6.51. The number of fused-ring (bicyclic) bond motifs is 6. The average Bonchev–Trinajstić information content (AvgIpc) is 4.14. The first-order valence-electron chi connectivity index (χ1n) is 20.1. The van der Waals surface area contributed by atoms with Crippen molar-refractivity contribution in [2.45, 2.75) is 0 Å². The number of pyridine rings is 2. The fourth-order valence-corrected chi connectivity index (χ4v) is 8.70. The van der Waals surface area contributed by atoms with Crippen LogP contribution in [0.3, 0.4) is 0 Å². The van der Waals surface area contributed by atoms with Crippen molar-refractivity contribution < 1.29 is 4.74 Å². The molecule has 288 valence electrons. The number of hydrogen-bond donors (Lipinski definition) is 0. The van der Waals surface area contributed by atoms with Crippen LogP contribution in [0.1, 0.15) is 0 Å². The standard InChI is InChI=1S/C52H34N8O/c1-3-13-49-43(11-1)45-33-53-27-23-51(45)57(49)37-19-15-35(16-20-37)47-25-29-55-59(47)39-7-5-9-41(31-39)61-42-10-6-8-40(32-42)60-48(26-30-56-60)36-17-21-38(22-18-36)58-50-14-4-2-12-44(50)46-34-54-28-24-52(46)58/h1-34H. The zero-order chi connectivity index (χ0) is 40.3. The van der Waals surface area contributed by atoms with Gasteiger partial charge in [-0.1, -0.05) is 72.8 Å². The van der Waals surface area contributed by atoms with E-state index in [2.05, 4.69) is 128 Å². The minimum Gasteiger partial charge on any atom is -0.457 e. The third-order valence-corrected chi connectivity index (χ3v) is 11.4. The first-order chi connectivity index (χ1) is 30.2. The minimum atomic E-state index is 0.699. The van der Waals surface area contributed by atoms with Crippen LogP contribution >= 0.6 is 0 Å². The monoisotopic (exact) mass is 786 g/mol. The van der Waals surface area contributed by atoms with Crippen LogP contribution in [-0.2, 0) is 0 Å². The predicted octanol–water partition coefficient (Wildman–Crippen LogP) is 12.2. The molecule has 6 aromatic carbocycles. The fourth-order valence-electron chi connectivity index (χ4n) is 8.70. The number of para-hydroxylation sites is 2. The SMILES string of the molecule is c1cc(Oc2cccc(-n3nccc3-c3ccc(-n4c5ccccc5c5cnccc54)cc3)c2)cc(-n2nccc2-c2ccc(-n3c4ccccc4c4cnccc43)cc2)c1. The Hall–Kier alpha value is -8.56. The van der Waals surface area contributed by atoms with Crippen LogP contribution in [0.25, 0.3) is 88.9 Å². The number of ether oxygens (including phenoxy) is 1. The maximum Gasteiger partial charge on any atom is 0.129 e. The molecule has 0 atom stereocenters. The normalized spacial score (nSPS) is 11.6. The van der Waals surface area contributed by atoms with E-state index in [1.165, 1.54) is 10.8 Å². The Morgan fingerprint density at radius 1 is 0.344 bits per heavy atom. The molecule has 0 N–H and O–H groups in total. The van der Waals surface area contributed by atoms with Crippen LogP contribution in [0.2, 0.25) is 0 Å². The summed E-state index contributed by atoms with van der Waals surface area (Å²) in [6, 6.07) is 58.4. The van der Waals surface area contributed by atoms with Gasteiger partial charge < -0.3 is 13.9 Å². The van der Waals surface area contributed by atoms with E-state index in [4.69, 9.17) is 14.9 Å². The van der Waals surface area contributed by atoms with E-state index in [1.54, 1.807) is 0 Å². The van der Waals surface area contributed by atoms with E-state index < -0.39 is 0 Å². The molecule has 0 unspecified atom stereocenters. The van der Waals surface area contributed by atoms with Crippen molar-refractivity contribution >= 4 is 43.6 Å². The van der Waals surface area contributed by atoms with Crippen LogP contribution < -0.4 is 4.74 Å². The summed E-state index contributed by atoms with van der Waals surface area (Å²) in [5.74, 6) is 1.40. The first kappa shape index (κ1) is 34.5. The molecule has 0 aliphatic carbocycles. The van der Waals surface area contributed by atoms with Gasteiger partial charge in [-0.25, -0.2) is 9.36 Å². The molecule has 12 aromatic rings. The Balaban J connectivity index is 0.806. The van der Waals surface area contributed by atoms with Gasteiger partial charge in [0, 0.05) is 81.0 Å². The molecule has 0 fully saturated rings. The molecule has 0 bridgehead atoms. The quantitative estimate of drug-likeness (QED) is 0.153. The van der Waals surface area contributed by atoms with Crippen molar-refractivity contribution in [3.8, 4) is 56.8 Å². The van der Waals surface area contributed by atoms with Crippen molar-refractivity contribution in [3.05, 3.63) is 207 Å². The van der Waals surface area contributed by atoms with Gasteiger partial charge in [-0.2, -0.15) is 10.2 Å². The van der Waals surface area contributed by atoms with Gasteiger partial charge in [0.1, 0.15) is 11.5 Å². The zero-order valence-corrected chi connectivity index (χ0v) is 32.6. The second kappa shape index (κ2) is 14.1. The van der Waals surface area contributed by atoms with Crippen LogP contribution in [0.4, 0.5) is 0 Å². The number of nitrogens with zero attached hydrogens (tertiary/aromatic N) is 8. The topological polar surface area (TPSA) is 80.5 Å². The van der Waals surface area contributed by atoms with Gasteiger partial charge in [0.2, 0.25) is 0 Å². The van der Waals surface area contributed by atoms with Gasteiger partial charge >= 0.3 is 0 Å². The third kappa shape index (κ3) is 5.78. The summed E-state index contributed by atoms with van der Waals surface area (Å²) in [7, 11) is 0. The van der Waals surface area contributed by atoms with E-state index in [1.807, 2.05) is 107 Å². The summed E-state index contributed by atoms with van der Waals surface area (Å²) in [6.45, 7) is 0. The Morgan fingerprint density at radius 3 is 1.26 bits per heavy atom. The van der Waals surface area contributed by atoms with Gasteiger partial charge in [-0.05, 0) is 84.9 Å². The lowest BCUT2D eigenvalue weighted by Gasteiger charge is -2.13. The fraction of sp³-hybridized carbons (Fsp3) is 0. The molecule has 0 amide bonds. The molecule has 6 aromatic heterocycles. The van der Waals surface area contributed by atoms with Crippen LogP contribution in [0.5, 0.6) is 11.5 Å². The lowest BCUT2D eigenvalue weighted by molar-refractivity contribution is 0.482. The molecule has 9 nitrogen and oxygen atoms in total. The van der Waals surface area contributed by atoms with Gasteiger partial charge in [0.15, 0.2) is 0 Å². The van der Waals surface area contributed by atoms with Crippen LogP contribution in [-0.4, -0.2) is 38.7 Å². The van der Waals surface area contributed by atoms with Gasteiger partial charge in [-0.3, -0.25) is 9.97 Å². The second-order valence-corrected chi connectivity index (χ2v) is 14.9. The molecule has 0 radical (unpaired) electrons. The largest absolute Gasteiger partial charge is 0.457 e. The molecule has 0 spiro atoms. The Kier molecular flexibility index (Phi) is 7.95. The van der Waals surface area contributed by atoms with E-state index in [0.717, 1.165) is 78.1 Å². The molecule has 0 aliphatic heterocycles. The van der Waals surface area contributed by atoms with Crippen LogP contribution in [0.15, 0.2) is 207 Å². The van der Waals surface area contributed by atoms with Crippen molar-refractivity contribution in [2.24, 2.45) is 0 Å². The number of rotatable bonds is 8. The highest BCUT2D eigenvalue weighted by Crippen LogP contribution is 2.35. The molecule has 0 saturated heterocycles. The van der Waals surface area contributed by atoms with Crippen LogP contribution in [0, 0.1) is 0 Å². The highest BCUT2D eigenvalue weighted by molar-refractivity contribution is 6.09. The molecular weight excluding hydrogens is 753 g/mol. The summed E-state index contributed by atoms with van der Waals surface area (Å²) < 4.78 is 15.0. The Labute approximate surface area is 349 Å². The third-order valence-electron chi connectivity index (χ3n) is 11.4. The lowest BCUT2D eigenvalue weighted by Crippen LogP contribution is -2.01. The Morgan fingerprint density at radius 2 is 0.787 bits per heavy atom.